The third-order valence-corrected chi connectivity index (χ3v) is 2.88. The molecule has 0 heterocycles. The monoisotopic (exact) mass is 229 g/mol. The van der Waals surface area contributed by atoms with Crippen molar-refractivity contribution in [3.8, 4) is 11.8 Å². The molecule has 1 heteroatoms. The van der Waals surface area contributed by atoms with Crippen LogP contribution in [-0.4, -0.2) is 12.6 Å². The molecular formula is C16H23N. The van der Waals surface area contributed by atoms with Crippen molar-refractivity contribution in [1.82, 2.24) is 5.32 Å². The molecule has 1 aromatic carbocycles. The molecule has 0 spiro atoms. The number of rotatable bonds is 7. The standard InChI is InChI=1S/C16H23N/c1-3-5-13-16(17-4-2)14-9-12-15-10-7-6-8-11-15/h6-8,10-11,16-17H,4,9,12-14H2,1-2H3. The Balaban J connectivity index is 2.28. The summed E-state index contributed by atoms with van der Waals surface area (Å²) in [6.07, 6.45) is 4.58. The number of hydrogen-bond donors (Lipinski definition) is 1. The van der Waals surface area contributed by atoms with E-state index in [-0.39, 0.29) is 0 Å². The average Bonchev–Trinajstić information content (AvgIpc) is 2.37. The maximum absolute atomic E-state index is 3.50. The number of benzene rings is 1. The first-order chi connectivity index (χ1) is 8.36. The van der Waals surface area contributed by atoms with Gasteiger partial charge in [0.1, 0.15) is 0 Å². The molecular weight excluding hydrogens is 206 g/mol. The van der Waals surface area contributed by atoms with Gasteiger partial charge in [-0.1, -0.05) is 37.3 Å². The van der Waals surface area contributed by atoms with E-state index in [4.69, 9.17) is 0 Å². The van der Waals surface area contributed by atoms with Crippen molar-refractivity contribution >= 4 is 0 Å². The molecule has 1 atom stereocenters. The fourth-order valence-corrected chi connectivity index (χ4v) is 1.99. The highest BCUT2D eigenvalue weighted by molar-refractivity contribution is 5.14. The molecule has 1 nitrogen and oxygen atoms in total. The van der Waals surface area contributed by atoms with Gasteiger partial charge in [0.15, 0.2) is 0 Å². The zero-order chi connectivity index (χ0) is 12.3. The number of nitrogens with one attached hydrogen (secondary N) is 1. The van der Waals surface area contributed by atoms with Gasteiger partial charge in [-0.25, -0.2) is 0 Å². The SMILES string of the molecule is CC#CCC(CCCc1ccccc1)NCC. The Labute approximate surface area is 106 Å². The molecule has 0 aliphatic rings. The van der Waals surface area contributed by atoms with E-state index in [2.05, 4.69) is 54.4 Å². The lowest BCUT2D eigenvalue weighted by molar-refractivity contribution is 0.487. The fourth-order valence-electron chi connectivity index (χ4n) is 1.99. The molecule has 0 aromatic heterocycles. The van der Waals surface area contributed by atoms with Crippen LogP contribution in [0.15, 0.2) is 30.3 Å². The molecule has 1 aromatic rings. The molecule has 0 aliphatic heterocycles. The zero-order valence-electron chi connectivity index (χ0n) is 11.0. The molecule has 0 saturated heterocycles. The van der Waals surface area contributed by atoms with Crippen LogP contribution in [0.4, 0.5) is 0 Å². The van der Waals surface area contributed by atoms with E-state index < -0.39 is 0 Å². The van der Waals surface area contributed by atoms with Crippen molar-refractivity contribution in [2.75, 3.05) is 6.54 Å². The number of aryl methyl sites for hydroxylation is 1. The summed E-state index contributed by atoms with van der Waals surface area (Å²) < 4.78 is 0. The lowest BCUT2D eigenvalue weighted by Crippen LogP contribution is -2.28. The molecule has 0 amide bonds. The van der Waals surface area contributed by atoms with E-state index in [1.807, 2.05) is 6.92 Å². The van der Waals surface area contributed by atoms with Gasteiger partial charge >= 0.3 is 0 Å². The summed E-state index contributed by atoms with van der Waals surface area (Å²) in [4.78, 5) is 0. The van der Waals surface area contributed by atoms with E-state index in [0.717, 1.165) is 13.0 Å². The predicted octanol–water partition coefficient (Wildman–Crippen LogP) is 3.40. The van der Waals surface area contributed by atoms with Crippen molar-refractivity contribution < 1.29 is 0 Å². The summed E-state index contributed by atoms with van der Waals surface area (Å²) in [5, 5.41) is 3.50. The van der Waals surface area contributed by atoms with Crippen molar-refractivity contribution in [2.45, 2.75) is 45.6 Å². The van der Waals surface area contributed by atoms with E-state index in [9.17, 15) is 0 Å². The van der Waals surface area contributed by atoms with Gasteiger partial charge in [0.05, 0.1) is 0 Å². The minimum absolute atomic E-state index is 0.552. The molecule has 17 heavy (non-hydrogen) atoms. The van der Waals surface area contributed by atoms with Gasteiger partial charge in [-0.3, -0.25) is 0 Å². The van der Waals surface area contributed by atoms with Crippen LogP contribution in [0.5, 0.6) is 0 Å². The van der Waals surface area contributed by atoms with Crippen LogP contribution in [0.3, 0.4) is 0 Å². The topological polar surface area (TPSA) is 12.0 Å². The summed E-state index contributed by atoms with van der Waals surface area (Å²) in [6.45, 7) is 5.10. The van der Waals surface area contributed by atoms with Gasteiger partial charge in [0, 0.05) is 12.5 Å². The summed E-state index contributed by atoms with van der Waals surface area (Å²) >= 11 is 0. The van der Waals surface area contributed by atoms with Crippen LogP contribution in [-0.2, 0) is 6.42 Å². The summed E-state index contributed by atoms with van der Waals surface area (Å²) in [5.74, 6) is 6.14. The van der Waals surface area contributed by atoms with Crippen LogP contribution in [0.2, 0.25) is 0 Å². The molecule has 1 rings (SSSR count). The third kappa shape index (κ3) is 6.14. The highest BCUT2D eigenvalue weighted by atomic mass is 14.9. The third-order valence-electron chi connectivity index (χ3n) is 2.88. The van der Waals surface area contributed by atoms with Gasteiger partial charge in [-0.2, -0.15) is 0 Å². The van der Waals surface area contributed by atoms with Crippen molar-refractivity contribution in [1.29, 1.82) is 0 Å². The Morgan fingerprint density at radius 2 is 2.00 bits per heavy atom. The Kier molecular flexibility index (Phi) is 7.18. The van der Waals surface area contributed by atoms with E-state index >= 15 is 0 Å². The summed E-state index contributed by atoms with van der Waals surface area (Å²) in [5.41, 5.74) is 1.43. The van der Waals surface area contributed by atoms with Crippen LogP contribution < -0.4 is 5.32 Å². The Bertz CT molecular complexity index is 345. The lowest BCUT2D eigenvalue weighted by Gasteiger charge is -2.14. The summed E-state index contributed by atoms with van der Waals surface area (Å²) in [6, 6.07) is 11.2. The van der Waals surface area contributed by atoms with Crippen molar-refractivity contribution in [3.63, 3.8) is 0 Å². The van der Waals surface area contributed by atoms with Crippen molar-refractivity contribution in [2.24, 2.45) is 0 Å². The minimum atomic E-state index is 0.552. The molecule has 0 bridgehead atoms. The zero-order valence-corrected chi connectivity index (χ0v) is 11.0. The average molecular weight is 229 g/mol. The van der Waals surface area contributed by atoms with E-state index in [1.165, 1.54) is 24.8 Å². The summed E-state index contributed by atoms with van der Waals surface area (Å²) in [7, 11) is 0. The second kappa shape index (κ2) is 8.84. The van der Waals surface area contributed by atoms with Crippen LogP contribution in [0.25, 0.3) is 0 Å². The molecule has 1 unspecified atom stereocenters. The lowest BCUT2D eigenvalue weighted by atomic mass is 10.0. The second-order valence-electron chi connectivity index (χ2n) is 4.26. The maximum Gasteiger partial charge on any atom is 0.0243 e. The van der Waals surface area contributed by atoms with Crippen molar-refractivity contribution in [3.05, 3.63) is 35.9 Å². The molecule has 92 valence electrons. The van der Waals surface area contributed by atoms with E-state index in [0.29, 0.717) is 6.04 Å². The van der Waals surface area contributed by atoms with Gasteiger partial charge in [0.2, 0.25) is 0 Å². The maximum atomic E-state index is 3.50. The van der Waals surface area contributed by atoms with Gasteiger partial charge < -0.3 is 5.32 Å². The normalized spacial score (nSPS) is 11.6. The second-order valence-corrected chi connectivity index (χ2v) is 4.26. The van der Waals surface area contributed by atoms with Crippen LogP contribution in [0.1, 0.15) is 38.7 Å². The highest BCUT2D eigenvalue weighted by Crippen LogP contribution is 2.08. The highest BCUT2D eigenvalue weighted by Gasteiger charge is 2.04. The first-order valence-electron chi connectivity index (χ1n) is 6.53. The van der Waals surface area contributed by atoms with E-state index in [1.54, 1.807) is 0 Å². The molecule has 1 N–H and O–H groups in total. The smallest absolute Gasteiger partial charge is 0.0243 e. The Hall–Kier alpha value is -1.26. The quantitative estimate of drug-likeness (QED) is 0.707. The molecule has 0 fully saturated rings. The molecule has 0 saturated carbocycles. The van der Waals surface area contributed by atoms with Crippen LogP contribution >= 0.6 is 0 Å². The van der Waals surface area contributed by atoms with Crippen LogP contribution in [0, 0.1) is 11.8 Å². The predicted molar refractivity (Wildman–Crippen MR) is 74.9 cm³/mol. The first kappa shape index (κ1) is 13.8. The fraction of sp³-hybridized carbons (Fsp3) is 0.500. The molecule has 0 radical (unpaired) electrons. The minimum Gasteiger partial charge on any atom is -0.313 e. The Morgan fingerprint density at radius 1 is 1.24 bits per heavy atom. The van der Waals surface area contributed by atoms with Gasteiger partial charge in [-0.15, -0.1) is 11.8 Å². The molecule has 0 aliphatic carbocycles. The Morgan fingerprint density at radius 3 is 2.65 bits per heavy atom. The number of hydrogen-bond acceptors (Lipinski definition) is 1. The van der Waals surface area contributed by atoms with Gasteiger partial charge in [0.25, 0.3) is 0 Å². The first-order valence-corrected chi connectivity index (χ1v) is 6.53. The largest absolute Gasteiger partial charge is 0.313 e. The van der Waals surface area contributed by atoms with Gasteiger partial charge in [-0.05, 0) is 38.3 Å².